The summed E-state index contributed by atoms with van der Waals surface area (Å²) in [5.41, 5.74) is 17.8. The van der Waals surface area contributed by atoms with Crippen molar-refractivity contribution in [2.75, 3.05) is 17.2 Å². The van der Waals surface area contributed by atoms with Gasteiger partial charge in [0.15, 0.2) is 16.9 Å². The zero-order valence-electron chi connectivity index (χ0n) is 19.4. The van der Waals surface area contributed by atoms with E-state index in [9.17, 15) is 17.6 Å². The molecule has 6 heterocycles. The van der Waals surface area contributed by atoms with Crippen molar-refractivity contribution in [1.82, 2.24) is 43.8 Å². The topological polar surface area (TPSA) is 169 Å². The fourth-order valence-corrected chi connectivity index (χ4v) is 4.77. The van der Waals surface area contributed by atoms with Gasteiger partial charge in [-0.1, -0.05) is 0 Å². The zero-order chi connectivity index (χ0) is 28.6. The average molecular weight is 739 g/mol. The average Bonchev–Trinajstić information content (AvgIpc) is 3.49. The summed E-state index contributed by atoms with van der Waals surface area (Å²) >= 11 is 9.50. The van der Waals surface area contributed by atoms with Crippen LogP contribution in [0, 0.1) is 12.7 Å². The van der Waals surface area contributed by atoms with Gasteiger partial charge >= 0.3 is 6.18 Å². The second-order valence-corrected chi connectivity index (χ2v) is 10.2. The van der Waals surface area contributed by atoms with Gasteiger partial charge in [-0.3, -0.25) is 0 Å². The van der Waals surface area contributed by atoms with E-state index in [0.717, 1.165) is 32.5 Å². The molecule has 0 bridgehead atoms. The van der Waals surface area contributed by atoms with Crippen LogP contribution in [0.5, 0.6) is 0 Å². The van der Waals surface area contributed by atoms with Crippen LogP contribution in [-0.4, -0.2) is 43.8 Å². The number of hydrogen-bond donors (Lipinski definition) is 3. The molecule has 6 N–H and O–H groups in total. The van der Waals surface area contributed by atoms with Crippen molar-refractivity contribution in [3.05, 3.63) is 67.2 Å². The van der Waals surface area contributed by atoms with Crippen LogP contribution in [0.4, 0.5) is 35.4 Å². The van der Waals surface area contributed by atoms with Crippen molar-refractivity contribution in [3.8, 4) is 0 Å². The minimum Gasteiger partial charge on any atom is -0.366 e. The summed E-state index contributed by atoms with van der Waals surface area (Å²) in [4.78, 5) is 11.7. The number of nitrogens with zero attached hydrogens (tertiary/aromatic N) is 9. The molecule has 6 rings (SSSR count). The number of hydrogen-bond acceptors (Lipinski definition) is 9. The highest BCUT2D eigenvalue weighted by Gasteiger charge is 2.32. The highest BCUT2D eigenvalue weighted by molar-refractivity contribution is 9.11. The molecule has 0 unspecified atom stereocenters. The van der Waals surface area contributed by atoms with Gasteiger partial charge in [0.2, 0.25) is 17.8 Å². The molecule has 0 aliphatic heterocycles. The maximum Gasteiger partial charge on any atom is 0.417 e. The van der Waals surface area contributed by atoms with Crippen molar-refractivity contribution in [3.63, 3.8) is 0 Å². The molecule has 0 saturated heterocycles. The number of anilines is 3. The molecule has 6 aromatic heterocycles. The Hall–Kier alpha value is -3.58. The fraction of sp³-hybridized carbons (Fsp3) is 0.100. The summed E-state index contributed by atoms with van der Waals surface area (Å²) in [6.45, 7) is 1.99. The summed E-state index contributed by atoms with van der Waals surface area (Å²) in [6.07, 6.45) is -0.492. The van der Waals surface area contributed by atoms with Crippen LogP contribution >= 0.6 is 47.8 Å². The molecule has 0 fully saturated rings. The lowest BCUT2D eigenvalue weighted by Crippen LogP contribution is -2.07. The normalized spacial score (nSPS) is 11.4. The molecule has 0 aromatic carbocycles. The summed E-state index contributed by atoms with van der Waals surface area (Å²) in [7, 11) is 0. The summed E-state index contributed by atoms with van der Waals surface area (Å²) < 4.78 is 55.5. The number of alkyl halides is 3. The van der Waals surface area contributed by atoms with E-state index in [1.807, 2.05) is 19.2 Å². The summed E-state index contributed by atoms with van der Waals surface area (Å²) in [5.74, 6) is -0.0445. The Bertz CT molecular complexity index is 1730. The third kappa shape index (κ3) is 6.53. The molecule has 6 aromatic rings. The maximum atomic E-state index is 12.7. The molecular weight excluding hydrogens is 724 g/mol. The van der Waals surface area contributed by atoms with Crippen LogP contribution in [0.2, 0.25) is 0 Å². The van der Waals surface area contributed by atoms with E-state index in [0.29, 0.717) is 16.1 Å². The molecule has 0 saturated carbocycles. The Labute approximate surface area is 240 Å². The van der Waals surface area contributed by atoms with E-state index >= 15 is 0 Å². The molecule has 0 aliphatic carbocycles. The Morgan fingerprint density at radius 2 is 1.08 bits per heavy atom. The van der Waals surface area contributed by atoms with Crippen molar-refractivity contribution in [1.29, 1.82) is 0 Å². The van der Waals surface area contributed by atoms with Gasteiger partial charge in [-0.05, 0) is 78.5 Å². The van der Waals surface area contributed by atoms with Crippen LogP contribution in [0.25, 0.3) is 16.9 Å². The lowest BCUT2D eigenvalue weighted by Gasteiger charge is -2.06. The lowest BCUT2D eigenvalue weighted by molar-refractivity contribution is -0.138. The molecule has 204 valence electrons. The zero-order valence-corrected chi connectivity index (χ0v) is 24.1. The van der Waals surface area contributed by atoms with Crippen molar-refractivity contribution in [2.45, 2.75) is 13.1 Å². The maximum absolute atomic E-state index is 12.7. The minimum absolute atomic E-state index is 0.0741. The molecule has 0 atom stereocenters. The predicted molar refractivity (Wildman–Crippen MR) is 145 cm³/mol. The van der Waals surface area contributed by atoms with Gasteiger partial charge < -0.3 is 17.2 Å². The first-order chi connectivity index (χ1) is 18.2. The quantitative estimate of drug-likeness (QED) is 0.187. The van der Waals surface area contributed by atoms with E-state index in [-0.39, 0.29) is 27.8 Å². The van der Waals surface area contributed by atoms with E-state index in [2.05, 4.69) is 78.0 Å². The molecule has 39 heavy (non-hydrogen) atoms. The Kier molecular flexibility index (Phi) is 7.94. The largest absolute Gasteiger partial charge is 0.417 e. The van der Waals surface area contributed by atoms with E-state index in [1.165, 1.54) is 16.8 Å². The first kappa shape index (κ1) is 28.4. The monoisotopic (exact) mass is 736 g/mol. The molecule has 12 nitrogen and oxygen atoms in total. The number of nitrogen functional groups attached to an aromatic ring is 3. The van der Waals surface area contributed by atoms with Crippen LogP contribution in [0.15, 0.2) is 50.2 Å². The van der Waals surface area contributed by atoms with Crippen LogP contribution in [0.1, 0.15) is 11.1 Å². The number of nitrogens with two attached hydrogens (primary N) is 3. The number of rotatable bonds is 0. The van der Waals surface area contributed by atoms with E-state index in [1.54, 1.807) is 4.52 Å². The number of pyridine rings is 3. The number of fused-ring (bicyclic) bond motifs is 3. The van der Waals surface area contributed by atoms with Crippen molar-refractivity contribution in [2.24, 2.45) is 0 Å². The lowest BCUT2D eigenvalue weighted by atomic mass is 10.3. The first-order valence-electron chi connectivity index (χ1n) is 10.3. The summed E-state index contributed by atoms with van der Waals surface area (Å²) in [6, 6.07) is 4.22. The Balaban J connectivity index is 0.000000137. The standard InChI is InChI=1S/C7H4BrF3N4.C7H7BrN4.C6H4BrFN4/c8-4-1-3(7(9,10)11)2-15-5(4)13-6(12)14-15;1-4-2-5(8)6-10-7(9)11-12(6)3-4;7-4-1-3(8)2-12-5(4)10-6(9)11-12/h1-2H,(H2,12,14);2-3H,1H3,(H2,9,11);1-2H,(H2,9,11). The molecule has 0 radical (unpaired) electrons. The van der Waals surface area contributed by atoms with Gasteiger partial charge in [0.25, 0.3) is 0 Å². The predicted octanol–water partition coefficient (Wildman–Crippen LogP) is 4.69. The van der Waals surface area contributed by atoms with Gasteiger partial charge in [0.05, 0.1) is 25.2 Å². The van der Waals surface area contributed by atoms with Crippen molar-refractivity contribution >= 4 is 82.6 Å². The number of aryl methyl sites for hydroxylation is 1. The van der Waals surface area contributed by atoms with Gasteiger partial charge in [0, 0.05) is 12.4 Å². The van der Waals surface area contributed by atoms with Crippen LogP contribution in [-0.2, 0) is 6.18 Å². The second kappa shape index (κ2) is 10.9. The molecular formula is C20H15Br3F4N12. The van der Waals surface area contributed by atoms with Gasteiger partial charge in [-0.2, -0.15) is 28.1 Å². The van der Waals surface area contributed by atoms with Gasteiger partial charge in [-0.25, -0.2) is 17.9 Å². The van der Waals surface area contributed by atoms with Crippen LogP contribution in [0.3, 0.4) is 0 Å². The highest BCUT2D eigenvalue weighted by Crippen LogP contribution is 2.32. The third-order valence-electron chi connectivity index (χ3n) is 4.65. The third-order valence-corrected chi connectivity index (χ3v) is 6.40. The van der Waals surface area contributed by atoms with E-state index in [4.69, 9.17) is 17.2 Å². The number of aromatic nitrogens is 9. The minimum atomic E-state index is -4.42. The Morgan fingerprint density at radius 1 is 0.667 bits per heavy atom. The SMILES string of the molecule is Cc1cc(Br)c2nc(N)nn2c1.Nc1nc2c(Br)cc(C(F)(F)F)cn2n1.Nc1nc2c(Br)cc(F)cn2n1. The molecule has 19 heteroatoms. The van der Waals surface area contributed by atoms with Crippen molar-refractivity contribution < 1.29 is 17.6 Å². The fourth-order valence-electron chi connectivity index (χ4n) is 3.14. The smallest absolute Gasteiger partial charge is 0.366 e. The molecule has 0 aliphatic rings. The number of halogens is 7. The Morgan fingerprint density at radius 3 is 1.56 bits per heavy atom. The first-order valence-corrected chi connectivity index (χ1v) is 12.7. The molecule has 0 amide bonds. The van der Waals surface area contributed by atoms with E-state index < -0.39 is 11.7 Å². The van der Waals surface area contributed by atoms with Gasteiger partial charge in [0.1, 0.15) is 5.82 Å². The summed E-state index contributed by atoms with van der Waals surface area (Å²) in [5, 5.41) is 11.3. The second-order valence-electron chi connectivity index (χ2n) is 7.66. The molecule has 0 spiro atoms. The van der Waals surface area contributed by atoms with Crippen LogP contribution < -0.4 is 17.2 Å². The highest BCUT2D eigenvalue weighted by atomic mass is 79.9. The van der Waals surface area contributed by atoms with Gasteiger partial charge in [-0.15, -0.1) is 15.3 Å².